The largest absolute Gasteiger partial charge is 0.481 e. The van der Waals surface area contributed by atoms with Gasteiger partial charge in [-0.1, -0.05) is 28.1 Å². The highest BCUT2D eigenvalue weighted by atomic mass is 79.9. The molecule has 1 fully saturated rings. The molecule has 0 radical (unpaired) electrons. The molecule has 2 unspecified atom stereocenters. The van der Waals surface area contributed by atoms with Crippen LogP contribution in [0.4, 0.5) is 4.79 Å². The Balaban J connectivity index is 2.27. The van der Waals surface area contributed by atoms with E-state index in [9.17, 15) is 14.7 Å². The number of aliphatic carboxylic acids is 1. The van der Waals surface area contributed by atoms with E-state index >= 15 is 0 Å². The molecular weight excluding hydrogens is 302 g/mol. The Morgan fingerprint density at radius 1 is 1.17 bits per heavy atom. The number of carboxylic acid groups (broad SMARTS) is 2. The van der Waals surface area contributed by atoms with Gasteiger partial charge in [0.25, 0.3) is 0 Å². The van der Waals surface area contributed by atoms with Crippen LogP contribution in [0, 0.1) is 5.92 Å². The number of carboxylic acids is 1. The number of benzene rings is 1. The van der Waals surface area contributed by atoms with Crippen LogP contribution in [0.25, 0.3) is 0 Å². The minimum atomic E-state index is -1.07. The standard InChI is InChI=1S/C12H12BrNO4/c13-8-3-1-7(2-4-8)9-5-14(12(17)18)6-10(9)11(15)16/h1-4,9-10H,5-6H2,(H,15,16)(H,17,18). The van der Waals surface area contributed by atoms with E-state index in [1.807, 2.05) is 24.3 Å². The SMILES string of the molecule is O=C(O)C1CN(C(=O)O)CC1c1ccc(Br)cc1. The predicted molar refractivity (Wildman–Crippen MR) is 67.6 cm³/mol. The summed E-state index contributed by atoms with van der Waals surface area (Å²) in [7, 11) is 0. The van der Waals surface area contributed by atoms with Gasteiger partial charge >= 0.3 is 12.1 Å². The Morgan fingerprint density at radius 3 is 2.28 bits per heavy atom. The summed E-state index contributed by atoms with van der Waals surface area (Å²) in [6.45, 7) is 0.277. The molecule has 1 aromatic carbocycles. The van der Waals surface area contributed by atoms with E-state index in [4.69, 9.17) is 5.11 Å². The molecule has 2 atom stereocenters. The van der Waals surface area contributed by atoms with Crippen LogP contribution < -0.4 is 0 Å². The molecule has 18 heavy (non-hydrogen) atoms. The Bertz CT molecular complexity index is 473. The number of carbonyl (C=O) groups is 2. The van der Waals surface area contributed by atoms with Gasteiger partial charge in [-0.2, -0.15) is 0 Å². The maximum absolute atomic E-state index is 11.2. The van der Waals surface area contributed by atoms with E-state index < -0.39 is 18.0 Å². The first kappa shape index (κ1) is 12.9. The minimum Gasteiger partial charge on any atom is -0.481 e. The smallest absolute Gasteiger partial charge is 0.407 e. The van der Waals surface area contributed by atoms with Crippen LogP contribution in [-0.4, -0.2) is 40.3 Å². The monoisotopic (exact) mass is 313 g/mol. The lowest BCUT2D eigenvalue weighted by atomic mass is 9.89. The van der Waals surface area contributed by atoms with E-state index in [1.165, 1.54) is 0 Å². The van der Waals surface area contributed by atoms with E-state index in [-0.39, 0.29) is 19.0 Å². The number of nitrogens with zero attached hydrogens (tertiary/aromatic N) is 1. The zero-order valence-electron chi connectivity index (χ0n) is 9.41. The third kappa shape index (κ3) is 2.48. The predicted octanol–water partition coefficient (Wildman–Crippen LogP) is 2.23. The zero-order valence-corrected chi connectivity index (χ0v) is 11.0. The van der Waals surface area contributed by atoms with Crippen LogP contribution >= 0.6 is 15.9 Å². The summed E-state index contributed by atoms with van der Waals surface area (Å²) in [5.41, 5.74) is 0.856. The van der Waals surface area contributed by atoms with Crippen LogP contribution in [0.1, 0.15) is 11.5 Å². The van der Waals surface area contributed by atoms with Gasteiger partial charge in [-0.25, -0.2) is 4.79 Å². The molecular formula is C12H12BrNO4. The summed E-state index contributed by atoms with van der Waals surface area (Å²) in [4.78, 5) is 23.3. The normalized spacial score (nSPS) is 23.1. The molecule has 1 aliphatic rings. The first-order valence-corrected chi connectivity index (χ1v) is 6.24. The molecule has 96 valence electrons. The lowest BCUT2D eigenvalue weighted by Crippen LogP contribution is -2.28. The number of hydrogen-bond acceptors (Lipinski definition) is 2. The molecule has 0 saturated carbocycles. The van der Waals surface area contributed by atoms with Crippen molar-refractivity contribution in [3.8, 4) is 0 Å². The topological polar surface area (TPSA) is 77.8 Å². The highest BCUT2D eigenvalue weighted by Crippen LogP contribution is 2.33. The summed E-state index contributed by atoms with van der Waals surface area (Å²) in [6, 6.07) is 7.32. The quantitative estimate of drug-likeness (QED) is 0.877. The second-order valence-corrected chi connectivity index (χ2v) is 5.21. The van der Waals surface area contributed by atoms with Gasteiger partial charge in [-0.3, -0.25) is 4.79 Å². The van der Waals surface area contributed by atoms with Crippen molar-refractivity contribution in [3.05, 3.63) is 34.3 Å². The van der Waals surface area contributed by atoms with Crippen LogP contribution in [-0.2, 0) is 4.79 Å². The fourth-order valence-corrected chi connectivity index (χ4v) is 2.52. The van der Waals surface area contributed by atoms with E-state index in [0.29, 0.717) is 0 Å². The lowest BCUT2D eigenvalue weighted by Gasteiger charge is -2.14. The molecule has 1 heterocycles. The molecule has 2 rings (SSSR count). The third-order valence-corrected chi connectivity index (χ3v) is 3.73. The Hall–Kier alpha value is -1.56. The summed E-state index contributed by atoms with van der Waals surface area (Å²) in [5.74, 6) is -1.92. The molecule has 6 heteroatoms. The second kappa shape index (κ2) is 4.97. The third-order valence-electron chi connectivity index (χ3n) is 3.21. The molecule has 0 aliphatic carbocycles. The fourth-order valence-electron chi connectivity index (χ4n) is 2.26. The van der Waals surface area contributed by atoms with Crippen LogP contribution in [0.5, 0.6) is 0 Å². The number of hydrogen-bond donors (Lipinski definition) is 2. The summed E-state index contributed by atoms with van der Waals surface area (Å²) in [5, 5.41) is 18.1. The highest BCUT2D eigenvalue weighted by Gasteiger charge is 2.40. The Labute approximate surface area is 112 Å². The molecule has 0 spiro atoms. The van der Waals surface area contributed by atoms with Gasteiger partial charge in [0, 0.05) is 23.5 Å². The number of rotatable bonds is 2. The first-order valence-electron chi connectivity index (χ1n) is 5.45. The number of halogens is 1. The van der Waals surface area contributed by atoms with Crippen molar-refractivity contribution < 1.29 is 19.8 Å². The summed E-state index contributed by atoms with van der Waals surface area (Å²) < 4.78 is 0.909. The molecule has 5 nitrogen and oxygen atoms in total. The Kier molecular flexibility index (Phi) is 3.56. The molecule has 1 aromatic rings. The lowest BCUT2D eigenvalue weighted by molar-refractivity contribution is -0.141. The Morgan fingerprint density at radius 2 is 1.78 bits per heavy atom. The van der Waals surface area contributed by atoms with Crippen molar-refractivity contribution >= 4 is 28.0 Å². The fraction of sp³-hybridized carbons (Fsp3) is 0.333. The zero-order chi connectivity index (χ0) is 13.3. The van der Waals surface area contributed by atoms with Crippen molar-refractivity contribution in [2.24, 2.45) is 5.92 Å². The number of amides is 1. The van der Waals surface area contributed by atoms with Gasteiger partial charge < -0.3 is 15.1 Å². The minimum absolute atomic E-state index is 0.0470. The van der Waals surface area contributed by atoms with Crippen molar-refractivity contribution in [1.82, 2.24) is 4.90 Å². The molecule has 1 aliphatic heterocycles. The van der Waals surface area contributed by atoms with Crippen LogP contribution in [0.15, 0.2) is 28.7 Å². The van der Waals surface area contributed by atoms with Crippen molar-refractivity contribution in [1.29, 1.82) is 0 Å². The van der Waals surface area contributed by atoms with Gasteiger partial charge in [0.1, 0.15) is 0 Å². The van der Waals surface area contributed by atoms with Gasteiger partial charge in [0.2, 0.25) is 0 Å². The van der Waals surface area contributed by atoms with Crippen molar-refractivity contribution in [2.45, 2.75) is 5.92 Å². The van der Waals surface area contributed by atoms with Crippen molar-refractivity contribution in [2.75, 3.05) is 13.1 Å². The summed E-state index contributed by atoms with van der Waals surface area (Å²) in [6.07, 6.45) is -1.07. The van der Waals surface area contributed by atoms with Gasteiger partial charge in [0.15, 0.2) is 0 Å². The number of likely N-dealkylation sites (tertiary alicyclic amines) is 1. The summed E-state index contributed by atoms with van der Waals surface area (Å²) >= 11 is 3.31. The molecule has 1 amide bonds. The maximum atomic E-state index is 11.2. The molecule has 0 bridgehead atoms. The van der Waals surface area contributed by atoms with Crippen LogP contribution in [0.3, 0.4) is 0 Å². The average Bonchev–Trinajstić information content (AvgIpc) is 2.75. The van der Waals surface area contributed by atoms with E-state index in [1.54, 1.807) is 0 Å². The molecule has 1 saturated heterocycles. The van der Waals surface area contributed by atoms with Crippen LogP contribution in [0.2, 0.25) is 0 Å². The van der Waals surface area contributed by atoms with Crippen molar-refractivity contribution in [3.63, 3.8) is 0 Å². The molecule has 0 aromatic heterocycles. The van der Waals surface area contributed by atoms with Gasteiger partial charge in [-0.05, 0) is 17.7 Å². The van der Waals surface area contributed by atoms with Gasteiger partial charge in [-0.15, -0.1) is 0 Å². The van der Waals surface area contributed by atoms with E-state index in [0.717, 1.165) is 14.9 Å². The second-order valence-electron chi connectivity index (χ2n) is 4.29. The first-order chi connectivity index (χ1) is 8.49. The highest BCUT2D eigenvalue weighted by molar-refractivity contribution is 9.10. The van der Waals surface area contributed by atoms with Gasteiger partial charge in [0.05, 0.1) is 5.92 Å². The average molecular weight is 314 g/mol. The molecule has 2 N–H and O–H groups in total. The van der Waals surface area contributed by atoms with E-state index in [2.05, 4.69) is 15.9 Å². The maximum Gasteiger partial charge on any atom is 0.407 e.